The minimum absolute atomic E-state index is 0.0690. The summed E-state index contributed by atoms with van der Waals surface area (Å²) in [7, 11) is 3.22. The molecule has 0 bridgehead atoms. The zero-order valence-electron chi connectivity index (χ0n) is 13.5. The molecule has 2 aromatic carbocycles. The summed E-state index contributed by atoms with van der Waals surface area (Å²) in [6.45, 7) is 0.666. The average molecular weight is 364 g/mol. The van der Waals surface area contributed by atoms with Crippen molar-refractivity contribution in [3.63, 3.8) is 0 Å². The van der Waals surface area contributed by atoms with Gasteiger partial charge >= 0.3 is 0 Å². The van der Waals surface area contributed by atoms with E-state index in [2.05, 4.69) is 0 Å². The van der Waals surface area contributed by atoms with Crippen LogP contribution in [0.15, 0.2) is 42.5 Å². The van der Waals surface area contributed by atoms with Crippen molar-refractivity contribution in [3.05, 3.63) is 58.6 Å². The summed E-state index contributed by atoms with van der Waals surface area (Å²) in [6, 6.07) is 12.9. The topological polar surface area (TPSA) is 38.8 Å². The Labute approximate surface area is 150 Å². The van der Waals surface area contributed by atoms with E-state index in [0.29, 0.717) is 28.6 Å². The van der Waals surface area contributed by atoms with E-state index in [4.69, 9.17) is 21.1 Å². The highest BCUT2D eigenvalue weighted by Crippen LogP contribution is 2.45. The SMILES string of the molecule is COc1cccc([C@@H]2SCCN2C(=O)c2ccccc2Cl)c1OC. The molecule has 0 aromatic heterocycles. The molecule has 4 nitrogen and oxygen atoms in total. The molecular formula is C18H18ClNO3S. The first kappa shape index (κ1) is 17.0. The Kier molecular flexibility index (Phi) is 5.21. The van der Waals surface area contributed by atoms with Crippen molar-refractivity contribution < 1.29 is 14.3 Å². The van der Waals surface area contributed by atoms with Crippen LogP contribution in [0.2, 0.25) is 5.02 Å². The van der Waals surface area contributed by atoms with E-state index in [1.807, 2.05) is 35.2 Å². The smallest absolute Gasteiger partial charge is 0.256 e. The van der Waals surface area contributed by atoms with E-state index in [0.717, 1.165) is 11.3 Å². The van der Waals surface area contributed by atoms with Gasteiger partial charge in [-0.3, -0.25) is 4.79 Å². The number of amides is 1. The normalized spacial score (nSPS) is 17.0. The number of carbonyl (C=O) groups excluding carboxylic acids is 1. The molecule has 24 heavy (non-hydrogen) atoms. The summed E-state index contributed by atoms with van der Waals surface area (Å²) < 4.78 is 10.9. The van der Waals surface area contributed by atoms with E-state index in [9.17, 15) is 4.79 Å². The molecule has 0 unspecified atom stereocenters. The van der Waals surface area contributed by atoms with Gasteiger partial charge in [-0.15, -0.1) is 11.8 Å². The van der Waals surface area contributed by atoms with E-state index >= 15 is 0 Å². The third-order valence-electron chi connectivity index (χ3n) is 3.96. The number of para-hydroxylation sites is 1. The number of methoxy groups -OCH3 is 2. The fraction of sp³-hybridized carbons (Fsp3) is 0.278. The van der Waals surface area contributed by atoms with Crippen LogP contribution in [-0.4, -0.2) is 37.3 Å². The monoisotopic (exact) mass is 363 g/mol. The first-order chi connectivity index (χ1) is 11.7. The molecule has 1 amide bonds. The van der Waals surface area contributed by atoms with Crippen molar-refractivity contribution >= 4 is 29.3 Å². The molecule has 0 spiro atoms. The maximum atomic E-state index is 13.0. The lowest BCUT2D eigenvalue weighted by Crippen LogP contribution is -2.30. The van der Waals surface area contributed by atoms with Gasteiger partial charge in [0.2, 0.25) is 0 Å². The summed E-state index contributed by atoms with van der Waals surface area (Å²) in [6.07, 6.45) is 0. The number of hydrogen-bond donors (Lipinski definition) is 0. The van der Waals surface area contributed by atoms with Gasteiger partial charge in [0.1, 0.15) is 5.37 Å². The molecule has 1 fully saturated rings. The molecule has 1 saturated heterocycles. The van der Waals surface area contributed by atoms with E-state index in [-0.39, 0.29) is 11.3 Å². The zero-order chi connectivity index (χ0) is 17.1. The molecule has 0 radical (unpaired) electrons. The first-order valence-corrected chi connectivity index (χ1v) is 8.98. The van der Waals surface area contributed by atoms with Crippen LogP contribution in [0.1, 0.15) is 21.3 Å². The van der Waals surface area contributed by atoms with Gasteiger partial charge in [0.15, 0.2) is 11.5 Å². The van der Waals surface area contributed by atoms with Crippen LogP contribution in [0.25, 0.3) is 0 Å². The Morgan fingerprint density at radius 3 is 2.67 bits per heavy atom. The highest BCUT2D eigenvalue weighted by atomic mass is 35.5. The molecule has 2 aromatic rings. The number of rotatable bonds is 4. The fourth-order valence-electron chi connectivity index (χ4n) is 2.83. The van der Waals surface area contributed by atoms with E-state index in [1.165, 1.54) is 0 Å². The van der Waals surface area contributed by atoms with E-state index < -0.39 is 0 Å². The average Bonchev–Trinajstić information content (AvgIpc) is 3.10. The largest absolute Gasteiger partial charge is 0.493 e. The number of halogens is 1. The van der Waals surface area contributed by atoms with Crippen molar-refractivity contribution in [2.45, 2.75) is 5.37 Å². The van der Waals surface area contributed by atoms with Gasteiger partial charge < -0.3 is 14.4 Å². The van der Waals surface area contributed by atoms with Crippen LogP contribution in [0, 0.1) is 0 Å². The molecule has 0 aliphatic carbocycles. The molecular weight excluding hydrogens is 346 g/mol. The number of thioether (sulfide) groups is 1. The van der Waals surface area contributed by atoms with Crippen LogP contribution < -0.4 is 9.47 Å². The second-order valence-corrected chi connectivity index (χ2v) is 6.88. The lowest BCUT2D eigenvalue weighted by atomic mass is 10.1. The van der Waals surface area contributed by atoms with Crippen LogP contribution in [-0.2, 0) is 0 Å². The molecule has 0 N–H and O–H groups in total. The van der Waals surface area contributed by atoms with Gasteiger partial charge in [-0.1, -0.05) is 35.9 Å². The lowest BCUT2D eigenvalue weighted by molar-refractivity contribution is 0.0759. The molecule has 1 aliphatic heterocycles. The maximum Gasteiger partial charge on any atom is 0.256 e. The summed E-state index contributed by atoms with van der Waals surface area (Å²) >= 11 is 7.91. The van der Waals surface area contributed by atoms with Gasteiger partial charge in [0.25, 0.3) is 5.91 Å². The predicted octanol–water partition coefficient (Wildman–Crippen LogP) is 4.25. The highest BCUT2D eigenvalue weighted by molar-refractivity contribution is 7.99. The molecule has 1 heterocycles. The molecule has 126 valence electrons. The molecule has 0 saturated carbocycles. The number of hydrogen-bond acceptors (Lipinski definition) is 4. The van der Waals surface area contributed by atoms with Gasteiger partial charge in [-0.05, 0) is 18.2 Å². The molecule has 1 aliphatic rings. The minimum Gasteiger partial charge on any atom is -0.493 e. The van der Waals surface area contributed by atoms with Gasteiger partial charge in [0.05, 0.1) is 24.8 Å². The summed E-state index contributed by atoms with van der Waals surface area (Å²) in [5, 5.41) is 0.342. The third-order valence-corrected chi connectivity index (χ3v) is 5.53. The molecule has 1 atom stereocenters. The summed E-state index contributed by atoms with van der Waals surface area (Å²) in [5.41, 5.74) is 1.45. The van der Waals surface area contributed by atoms with Crippen molar-refractivity contribution in [3.8, 4) is 11.5 Å². The number of carbonyl (C=O) groups is 1. The van der Waals surface area contributed by atoms with Crippen LogP contribution in [0.4, 0.5) is 0 Å². The van der Waals surface area contributed by atoms with Crippen LogP contribution >= 0.6 is 23.4 Å². The number of ether oxygens (including phenoxy) is 2. The Balaban J connectivity index is 1.97. The zero-order valence-corrected chi connectivity index (χ0v) is 15.1. The standard InChI is InChI=1S/C18H18ClNO3S/c1-22-15-9-5-7-13(16(15)23-2)18-20(10-11-24-18)17(21)12-6-3-4-8-14(12)19/h3-9,18H,10-11H2,1-2H3/t18-/m0/s1. The highest BCUT2D eigenvalue weighted by Gasteiger charge is 2.34. The Hall–Kier alpha value is -1.85. The Morgan fingerprint density at radius 1 is 1.17 bits per heavy atom. The molecule has 6 heteroatoms. The summed E-state index contributed by atoms with van der Waals surface area (Å²) in [5.74, 6) is 2.12. The van der Waals surface area contributed by atoms with Gasteiger partial charge in [-0.2, -0.15) is 0 Å². The predicted molar refractivity (Wildman–Crippen MR) is 97.2 cm³/mol. The minimum atomic E-state index is -0.126. The van der Waals surface area contributed by atoms with Crippen molar-refractivity contribution in [2.75, 3.05) is 26.5 Å². The first-order valence-electron chi connectivity index (χ1n) is 7.55. The van der Waals surface area contributed by atoms with Crippen LogP contribution in [0.5, 0.6) is 11.5 Å². The Morgan fingerprint density at radius 2 is 1.96 bits per heavy atom. The second-order valence-electron chi connectivity index (χ2n) is 5.28. The lowest BCUT2D eigenvalue weighted by Gasteiger charge is -2.26. The fourth-order valence-corrected chi connectivity index (χ4v) is 4.32. The van der Waals surface area contributed by atoms with Gasteiger partial charge in [-0.25, -0.2) is 0 Å². The summed E-state index contributed by atoms with van der Waals surface area (Å²) in [4.78, 5) is 14.8. The van der Waals surface area contributed by atoms with Crippen molar-refractivity contribution in [1.29, 1.82) is 0 Å². The van der Waals surface area contributed by atoms with Crippen LogP contribution in [0.3, 0.4) is 0 Å². The second kappa shape index (κ2) is 7.36. The maximum absolute atomic E-state index is 13.0. The third kappa shape index (κ3) is 3.06. The van der Waals surface area contributed by atoms with Gasteiger partial charge in [0, 0.05) is 17.9 Å². The number of benzene rings is 2. The van der Waals surface area contributed by atoms with Crippen molar-refractivity contribution in [1.82, 2.24) is 4.90 Å². The Bertz CT molecular complexity index is 753. The van der Waals surface area contributed by atoms with Crippen molar-refractivity contribution in [2.24, 2.45) is 0 Å². The number of nitrogens with zero attached hydrogens (tertiary/aromatic N) is 1. The molecule has 3 rings (SSSR count). The quantitative estimate of drug-likeness (QED) is 0.814. The van der Waals surface area contributed by atoms with E-state index in [1.54, 1.807) is 38.1 Å².